The SMILES string of the molecule is CC(C)(C)[Si](OCc1cccc(NC(=O)OCc2cccc(NC(=O)OCc3cccc(N)c3)c2)c1)(c1ccccc1)c1ccccc1. The first kappa shape index (κ1) is 34.0. The number of anilines is 3. The Kier molecular flexibility index (Phi) is 10.9. The molecule has 246 valence electrons. The summed E-state index contributed by atoms with van der Waals surface area (Å²) in [6.45, 7) is 7.21. The van der Waals surface area contributed by atoms with Crippen LogP contribution in [0.3, 0.4) is 0 Å². The molecule has 0 bridgehead atoms. The van der Waals surface area contributed by atoms with Gasteiger partial charge in [-0.25, -0.2) is 9.59 Å². The van der Waals surface area contributed by atoms with Gasteiger partial charge < -0.3 is 19.6 Å². The minimum Gasteiger partial charge on any atom is -0.444 e. The topological polar surface area (TPSA) is 112 Å². The van der Waals surface area contributed by atoms with E-state index in [4.69, 9.17) is 19.6 Å². The van der Waals surface area contributed by atoms with Crippen LogP contribution < -0.4 is 26.7 Å². The van der Waals surface area contributed by atoms with Gasteiger partial charge in [0.05, 0.1) is 6.61 Å². The molecule has 8 nitrogen and oxygen atoms in total. The molecular formula is C39H41N3O5Si. The number of nitrogens with two attached hydrogens (primary N) is 1. The number of benzene rings is 5. The van der Waals surface area contributed by atoms with Crippen molar-refractivity contribution in [3.05, 3.63) is 150 Å². The number of hydrogen-bond acceptors (Lipinski definition) is 6. The van der Waals surface area contributed by atoms with Gasteiger partial charge in [-0.3, -0.25) is 10.6 Å². The second kappa shape index (κ2) is 15.5. The zero-order chi connectivity index (χ0) is 34.0. The van der Waals surface area contributed by atoms with Crippen LogP contribution in [0.4, 0.5) is 26.7 Å². The minimum absolute atomic E-state index is 0.0103. The van der Waals surface area contributed by atoms with Crippen LogP contribution in [0, 0.1) is 0 Å². The predicted octanol–water partition coefficient (Wildman–Crippen LogP) is 7.84. The molecule has 0 unspecified atom stereocenters. The first-order chi connectivity index (χ1) is 23.1. The molecule has 9 heteroatoms. The maximum atomic E-state index is 12.8. The van der Waals surface area contributed by atoms with Gasteiger partial charge in [-0.2, -0.15) is 0 Å². The van der Waals surface area contributed by atoms with Crippen LogP contribution >= 0.6 is 0 Å². The van der Waals surface area contributed by atoms with Crippen molar-refractivity contribution in [1.82, 2.24) is 0 Å². The van der Waals surface area contributed by atoms with Crippen molar-refractivity contribution in [3.8, 4) is 0 Å². The van der Waals surface area contributed by atoms with Crippen LogP contribution in [0.1, 0.15) is 37.5 Å². The lowest BCUT2D eigenvalue weighted by atomic mass is 10.2. The molecule has 5 aromatic carbocycles. The van der Waals surface area contributed by atoms with Crippen molar-refractivity contribution in [2.24, 2.45) is 0 Å². The van der Waals surface area contributed by atoms with E-state index in [1.165, 1.54) is 10.4 Å². The minimum atomic E-state index is -2.72. The smallest absolute Gasteiger partial charge is 0.411 e. The Morgan fingerprint density at radius 2 is 1.02 bits per heavy atom. The van der Waals surface area contributed by atoms with Gasteiger partial charge in [0.1, 0.15) is 13.2 Å². The third kappa shape index (κ3) is 8.70. The van der Waals surface area contributed by atoms with Gasteiger partial charge in [-0.05, 0) is 68.5 Å². The fourth-order valence-electron chi connectivity index (χ4n) is 5.72. The summed E-state index contributed by atoms with van der Waals surface area (Å²) in [6, 6.07) is 42.7. The van der Waals surface area contributed by atoms with Crippen LogP contribution in [0.25, 0.3) is 0 Å². The van der Waals surface area contributed by atoms with Crippen LogP contribution in [0.2, 0.25) is 5.04 Å². The number of rotatable bonds is 11. The summed E-state index contributed by atoms with van der Waals surface area (Å²) in [4.78, 5) is 25.1. The average Bonchev–Trinajstić information content (AvgIpc) is 3.07. The first-order valence-electron chi connectivity index (χ1n) is 15.8. The third-order valence-corrected chi connectivity index (χ3v) is 12.9. The number of hydrogen-bond donors (Lipinski definition) is 3. The van der Waals surface area contributed by atoms with Crippen molar-refractivity contribution in [2.45, 2.75) is 45.6 Å². The fourth-order valence-corrected chi connectivity index (χ4v) is 10.3. The number of ether oxygens (including phenoxy) is 2. The van der Waals surface area contributed by atoms with Crippen molar-refractivity contribution in [3.63, 3.8) is 0 Å². The van der Waals surface area contributed by atoms with E-state index in [1.54, 1.807) is 42.5 Å². The maximum Gasteiger partial charge on any atom is 0.411 e. The molecule has 2 amide bonds. The molecule has 0 fully saturated rings. The standard InChI is InChI=1S/C39H41N3O5Si/c1-39(2,3)48(35-19-6-4-7-20-35,36-21-8-5-9-22-36)47-28-31-15-12-18-34(25-31)42-38(44)46-27-30-14-11-17-33(24-30)41-37(43)45-26-29-13-10-16-32(40)23-29/h4-25H,26-28,40H2,1-3H3,(H,41,43)(H,42,44). The van der Waals surface area contributed by atoms with E-state index in [0.717, 1.165) is 11.1 Å². The highest BCUT2D eigenvalue weighted by atomic mass is 28.4. The lowest BCUT2D eigenvalue weighted by Crippen LogP contribution is -2.66. The molecule has 0 saturated heterocycles. The van der Waals surface area contributed by atoms with Crippen LogP contribution in [-0.4, -0.2) is 20.5 Å². The molecule has 0 aromatic heterocycles. The molecular weight excluding hydrogens is 619 g/mol. The number of carbonyl (C=O) groups is 2. The van der Waals surface area contributed by atoms with Gasteiger partial charge in [0.25, 0.3) is 8.32 Å². The maximum absolute atomic E-state index is 12.8. The predicted molar refractivity (Wildman–Crippen MR) is 194 cm³/mol. The quantitative estimate of drug-likeness (QED) is 0.0984. The molecule has 0 saturated carbocycles. The summed E-state index contributed by atoms with van der Waals surface area (Å²) < 4.78 is 17.8. The number of carbonyl (C=O) groups excluding carboxylic acids is 2. The Labute approximate surface area is 283 Å². The average molecular weight is 660 g/mol. The van der Waals surface area contributed by atoms with E-state index in [9.17, 15) is 9.59 Å². The largest absolute Gasteiger partial charge is 0.444 e. The van der Waals surface area contributed by atoms with Crippen molar-refractivity contribution in [1.29, 1.82) is 0 Å². The van der Waals surface area contributed by atoms with Crippen molar-refractivity contribution in [2.75, 3.05) is 16.4 Å². The number of amides is 2. The highest BCUT2D eigenvalue weighted by Crippen LogP contribution is 2.37. The lowest BCUT2D eigenvalue weighted by Gasteiger charge is -2.43. The number of nitrogen functional groups attached to an aromatic ring is 1. The zero-order valence-electron chi connectivity index (χ0n) is 27.4. The summed E-state index contributed by atoms with van der Waals surface area (Å²) in [5.74, 6) is 0. The van der Waals surface area contributed by atoms with Gasteiger partial charge in [0, 0.05) is 17.1 Å². The molecule has 0 aliphatic rings. The van der Waals surface area contributed by atoms with E-state index >= 15 is 0 Å². The normalized spacial score (nSPS) is 11.4. The molecule has 0 radical (unpaired) electrons. The van der Waals surface area contributed by atoms with Gasteiger partial charge >= 0.3 is 12.2 Å². The van der Waals surface area contributed by atoms with E-state index in [0.29, 0.717) is 29.2 Å². The molecule has 0 aliphatic heterocycles. The van der Waals surface area contributed by atoms with E-state index < -0.39 is 20.5 Å². The van der Waals surface area contributed by atoms with Crippen LogP contribution in [0.5, 0.6) is 0 Å². The third-order valence-electron chi connectivity index (χ3n) is 7.91. The van der Waals surface area contributed by atoms with Crippen LogP contribution in [-0.2, 0) is 33.7 Å². The summed E-state index contributed by atoms with van der Waals surface area (Å²) in [5.41, 5.74) is 9.91. The molecule has 0 spiro atoms. The molecule has 0 aliphatic carbocycles. The van der Waals surface area contributed by atoms with Crippen molar-refractivity contribution >= 4 is 47.9 Å². The van der Waals surface area contributed by atoms with Gasteiger partial charge in [0.2, 0.25) is 0 Å². The summed E-state index contributed by atoms with van der Waals surface area (Å²) in [6.07, 6.45) is -1.20. The van der Waals surface area contributed by atoms with Gasteiger partial charge in [-0.15, -0.1) is 0 Å². The van der Waals surface area contributed by atoms with E-state index in [-0.39, 0.29) is 18.3 Å². The molecule has 48 heavy (non-hydrogen) atoms. The zero-order valence-corrected chi connectivity index (χ0v) is 28.4. The van der Waals surface area contributed by atoms with Gasteiger partial charge in [0.15, 0.2) is 0 Å². The summed E-state index contributed by atoms with van der Waals surface area (Å²) in [7, 11) is -2.72. The fraction of sp³-hybridized carbons (Fsp3) is 0.179. The Hall–Kier alpha value is -5.38. The Morgan fingerprint density at radius 3 is 1.48 bits per heavy atom. The second-order valence-electron chi connectivity index (χ2n) is 12.5. The first-order valence-corrected chi connectivity index (χ1v) is 17.7. The molecule has 5 rings (SSSR count). The molecule has 4 N–H and O–H groups in total. The van der Waals surface area contributed by atoms with E-state index in [2.05, 4.69) is 79.9 Å². The Balaban J connectivity index is 1.18. The lowest BCUT2D eigenvalue weighted by molar-refractivity contribution is 0.153. The Bertz CT molecular complexity index is 1790. The van der Waals surface area contributed by atoms with Crippen molar-refractivity contribution < 1.29 is 23.5 Å². The monoisotopic (exact) mass is 659 g/mol. The highest BCUT2D eigenvalue weighted by molar-refractivity contribution is 6.99. The molecule has 0 atom stereocenters. The molecule has 5 aromatic rings. The van der Waals surface area contributed by atoms with Gasteiger partial charge in [-0.1, -0.05) is 118 Å². The number of nitrogens with one attached hydrogen (secondary N) is 2. The summed E-state index contributed by atoms with van der Waals surface area (Å²) in [5, 5.41) is 7.77. The van der Waals surface area contributed by atoms with E-state index in [1.807, 2.05) is 42.5 Å². The second-order valence-corrected chi connectivity index (χ2v) is 16.8. The summed E-state index contributed by atoms with van der Waals surface area (Å²) >= 11 is 0. The Morgan fingerprint density at radius 1 is 0.583 bits per heavy atom. The highest BCUT2D eigenvalue weighted by Gasteiger charge is 2.50. The molecule has 0 heterocycles. The van der Waals surface area contributed by atoms with Crippen LogP contribution in [0.15, 0.2) is 133 Å².